The van der Waals surface area contributed by atoms with Crippen molar-refractivity contribution in [2.75, 3.05) is 0 Å². The molecule has 0 bridgehead atoms. The molecule has 0 aliphatic heterocycles. The Labute approximate surface area is 177 Å². The summed E-state index contributed by atoms with van der Waals surface area (Å²) >= 11 is 0. The average Bonchev–Trinajstić information content (AvgIpc) is 2.67. The highest BCUT2D eigenvalue weighted by atomic mass is 31.2. The number of ether oxygens (including phenoxy) is 1. The van der Waals surface area contributed by atoms with Gasteiger partial charge in [0, 0.05) is 6.07 Å². The van der Waals surface area contributed by atoms with Gasteiger partial charge >= 0.3 is 19.4 Å². The summed E-state index contributed by atoms with van der Waals surface area (Å²) in [5.74, 6) is -1.21. The Kier molecular flexibility index (Phi) is 7.67. The number of rotatable bonds is 10. The molecule has 0 aliphatic rings. The van der Waals surface area contributed by atoms with E-state index in [1.807, 2.05) is 0 Å². The minimum Gasteiger partial charge on any atom is -0.462 e. The van der Waals surface area contributed by atoms with E-state index in [4.69, 9.17) is 13.8 Å². The predicted molar refractivity (Wildman–Crippen MR) is 109 cm³/mol. The van der Waals surface area contributed by atoms with Gasteiger partial charge in [0.1, 0.15) is 11.8 Å². The van der Waals surface area contributed by atoms with Gasteiger partial charge in [-0.2, -0.15) is 5.09 Å². The lowest BCUT2D eigenvalue weighted by molar-refractivity contribution is -0.394. The van der Waals surface area contributed by atoms with Crippen molar-refractivity contribution in [1.29, 1.82) is 0 Å². The summed E-state index contributed by atoms with van der Waals surface area (Å²) in [6.07, 6.45) is -0.442. The highest BCUT2D eigenvalue weighted by molar-refractivity contribution is 7.52. The fourth-order valence-electron chi connectivity index (χ4n) is 2.28. The summed E-state index contributed by atoms with van der Waals surface area (Å²) < 4.78 is 29.2. The van der Waals surface area contributed by atoms with Gasteiger partial charge in [-0.15, -0.1) is 0 Å². The van der Waals surface area contributed by atoms with Crippen LogP contribution in [0.25, 0.3) is 0 Å². The number of nitrogens with one attached hydrogen (secondary N) is 1. The van der Waals surface area contributed by atoms with Gasteiger partial charge in [-0.3, -0.25) is 25.0 Å². The van der Waals surface area contributed by atoms with E-state index in [0.29, 0.717) is 6.07 Å². The van der Waals surface area contributed by atoms with Gasteiger partial charge < -0.3 is 13.8 Å². The molecule has 0 saturated heterocycles. The van der Waals surface area contributed by atoms with E-state index in [0.717, 1.165) is 12.1 Å². The van der Waals surface area contributed by atoms with Crippen molar-refractivity contribution in [2.24, 2.45) is 0 Å². The van der Waals surface area contributed by atoms with Crippen LogP contribution in [0.5, 0.6) is 11.5 Å². The molecule has 0 radical (unpaired) electrons. The van der Waals surface area contributed by atoms with Crippen molar-refractivity contribution >= 4 is 25.1 Å². The lowest BCUT2D eigenvalue weighted by atomic mass is 10.2. The lowest BCUT2D eigenvalue weighted by Crippen LogP contribution is -2.36. The first kappa shape index (κ1) is 23.8. The Morgan fingerprint density at radius 2 is 1.65 bits per heavy atom. The van der Waals surface area contributed by atoms with Gasteiger partial charge in [-0.05, 0) is 39.0 Å². The van der Waals surface area contributed by atoms with Crippen molar-refractivity contribution < 1.29 is 33.0 Å². The van der Waals surface area contributed by atoms with Crippen LogP contribution in [0.1, 0.15) is 20.8 Å². The number of hydrogen-bond acceptors (Lipinski definition) is 9. The van der Waals surface area contributed by atoms with Gasteiger partial charge in [0.15, 0.2) is 0 Å². The molecule has 0 aromatic heterocycles. The highest BCUT2D eigenvalue weighted by Gasteiger charge is 2.36. The molecule has 1 N–H and O–H groups in total. The van der Waals surface area contributed by atoms with E-state index < -0.39 is 52.8 Å². The number of nitrogens with zero attached hydrogens (tertiary/aromatic N) is 2. The van der Waals surface area contributed by atoms with Crippen LogP contribution >= 0.6 is 7.75 Å². The molecule has 0 heterocycles. The number of non-ortho nitro benzene ring substituents is 1. The third-order valence-electron chi connectivity index (χ3n) is 3.59. The molecule has 2 rings (SSSR count). The number of carbonyl (C=O) groups is 1. The first-order valence-electron chi connectivity index (χ1n) is 8.96. The smallest absolute Gasteiger partial charge is 0.462 e. The summed E-state index contributed by atoms with van der Waals surface area (Å²) in [7, 11) is -4.45. The largest absolute Gasteiger partial charge is 0.513 e. The summed E-state index contributed by atoms with van der Waals surface area (Å²) in [5.41, 5.74) is -1.36. The topological polar surface area (TPSA) is 160 Å². The second kappa shape index (κ2) is 10.0. The molecule has 0 aliphatic carbocycles. The Bertz CT molecular complexity index is 1010. The molecule has 31 heavy (non-hydrogen) atoms. The van der Waals surface area contributed by atoms with Crippen molar-refractivity contribution in [3.8, 4) is 11.5 Å². The zero-order chi connectivity index (χ0) is 23.2. The zero-order valence-corrected chi connectivity index (χ0v) is 17.7. The predicted octanol–water partition coefficient (Wildman–Crippen LogP) is 4.00. The Morgan fingerprint density at radius 1 is 1.00 bits per heavy atom. The number of esters is 1. The molecule has 0 spiro atoms. The van der Waals surface area contributed by atoms with E-state index in [2.05, 4.69) is 5.09 Å². The van der Waals surface area contributed by atoms with Gasteiger partial charge in [0.25, 0.3) is 5.69 Å². The lowest BCUT2D eigenvalue weighted by Gasteiger charge is -2.23. The fraction of sp³-hybridized carbons (Fsp3) is 0.278. The maximum absolute atomic E-state index is 13.4. The fourth-order valence-corrected chi connectivity index (χ4v) is 3.82. The van der Waals surface area contributed by atoms with Crippen molar-refractivity contribution in [3.05, 3.63) is 68.8 Å². The number of nitro benzene ring substituents is 2. The number of benzene rings is 2. The molecule has 12 nitrogen and oxygen atoms in total. The van der Waals surface area contributed by atoms with E-state index in [1.54, 1.807) is 32.0 Å². The van der Waals surface area contributed by atoms with E-state index in [-0.39, 0.29) is 5.75 Å². The van der Waals surface area contributed by atoms with E-state index in [9.17, 15) is 29.6 Å². The maximum atomic E-state index is 13.4. The molecule has 0 unspecified atom stereocenters. The van der Waals surface area contributed by atoms with Gasteiger partial charge in [-0.25, -0.2) is 4.57 Å². The number of para-hydroxylation sites is 1. The average molecular weight is 453 g/mol. The Morgan fingerprint density at radius 3 is 2.19 bits per heavy atom. The summed E-state index contributed by atoms with van der Waals surface area (Å²) in [5, 5.41) is 24.7. The number of hydrogen-bond donors (Lipinski definition) is 1. The number of carbonyl (C=O) groups excluding carboxylic acids is 1. The molecule has 0 fully saturated rings. The van der Waals surface area contributed by atoms with Crippen LogP contribution in [-0.2, 0) is 14.1 Å². The van der Waals surface area contributed by atoms with Gasteiger partial charge in [0.05, 0.1) is 22.0 Å². The molecule has 166 valence electrons. The minimum atomic E-state index is -4.45. The normalized spacial score (nSPS) is 13.7. The summed E-state index contributed by atoms with van der Waals surface area (Å²) in [6.45, 7) is 4.60. The van der Waals surface area contributed by atoms with Crippen LogP contribution in [0.15, 0.2) is 48.5 Å². The van der Waals surface area contributed by atoms with Crippen LogP contribution < -0.4 is 14.1 Å². The van der Waals surface area contributed by atoms with Crippen LogP contribution in [0.4, 0.5) is 11.4 Å². The molecule has 0 amide bonds. The SMILES string of the molecule is CC(C)OC(=O)[C@H](C)N[P@](=O)(Oc1ccccc1)Oc1ccc([N+](=O)[O-])cc1[N+](=O)[O-]. The molecular formula is C18H20N3O9P. The molecule has 0 saturated carbocycles. The molecular weight excluding hydrogens is 433 g/mol. The third-order valence-corrected chi connectivity index (χ3v) is 5.19. The van der Waals surface area contributed by atoms with Crippen LogP contribution in [0, 0.1) is 20.2 Å². The zero-order valence-electron chi connectivity index (χ0n) is 16.8. The molecule has 2 aromatic rings. The summed E-state index contributed by atoms with van der Waals surface area (Å²) in [6, 6.07) is 9.14. The second-order valence-electron chi connectivity index (χ2n) is 6.50. The minimum absolute atomic E-state index is 0.0901. The van der Waals surface area contributed by atoms with Crippen LogP contribution in [0.3, 0.4) is 0 Å². The van der Waals surface area contributed by atoms with E-state index in [1.165, 1.54) is 19.1 Å². The first-order valence-corrected chi connectivity index (χ1v) is 10.5. The maximum Gasteiger partial charge on any atom is 0.513 e. The third kappa shape index (κ3) is 6.76. The van der Waals surface area contributed by atoms with Crippen LogP contribution in [0.2, 0.25) is 0 Å². The van der Waals surface area contributed by atoms with Crippen molar-refractivity contribution in [1.82, 2.24) is 5.09 Å². The quantitative estimate of drug-likeness (QED) is 0.241. The molecule has 13 heteroatoms. The van der Waals surface area contributed by atoms with Crippen molar-refractivity contribution in [3.63, 3.8) is 0 Å². The van der Waals surface area contributed by atoms with Gasteiger partial charge in [0.2, 0.25) is 5.75 Å². The standard InChI is InChI=1S/C18H20N3O9P/c1-12(2)28-18(22)13(3)19-31(27,29-15-7-5-4-6-8-15)30-17-10-9-14(20(23)24)11-16(17)21(25)26/h4-13H,1-3H3,(H,19,27)/t13-,31-/m0/s1. The molecule has 2 atom stereocenters. The monoisotopic (exact) mass is 453 g/mol. The second-order valence-corrected chi connectivity index (χ2v) is 8.11. The number of nitro groups is 2. The van der Waals surface area contributed by atoms with E-state index >= 15 is 0 Å². The summed E-state index contributed by atoms with van der Waals surface area (Å²) in [4.78, 5) is 32.7. The first-order chi connectivity index (χ1) is 14.5. The molecule has 2 aromatic carbocycles. The van der Waals surface area contributed by atoms with Crippen LogP contribution in [-0.4, -0.2) is 28.0 Å². The van der Waals surface area contributed by atoms with Crippen molar-refractivity contribution in [2.45, 2.75) is 32.9 Å². The Hall–Kier alpha value is -3.50. The Balaban J connectivity index is 2.41. The van der Waals surface area contributed by atoms with Gasteiger partial charge in [-0.1, -0.05) is 18.2 Å². The highest BCUT2D eigenvalue weighted by Crippen LogP contribution is 2.48.